The molecule has 0 saturated carbocycles. The van der Waals surface area contributed by atoms with Crippen LogP contribution in [0.25, 0.3) is 11.5 Å². The number of methoxy groups -OCH3 is 1. The van der Waals surface area contributed by atoms with E-state index in [0.29, 0.717) is 17.4 Å². The number of hydrogen-bond donors (Lipinski definition) is 1. The van der Waals surface area contributed by atoms with Crippen molar-refractivity contribution in [3.05, 3.63) is 29.8 Å². The van der Waals surface area contributed by atoms with Crippen LogP contribution in [0.3, 0.4) is 0 Å². The van der Waals surface area contributed by atoms with Crippen LogP contribution in [0.15, 0.2) is 18.5 Å². The molecule has 2 aromatic rings. The van der Waals surface area contributed by atoms with Crippen LogP contribution < -0.4 is 10.1 Å². The molecule has 19 heavy (non-hydrogen) atoms. The van der Waals surface area contributed by atoms with Crippen LogP contribution >= 0.6 is 0 Å². The van der Waals surface area contributed by atoms with Crippen LogP contribution in [-0.4, -0.2) is 33.6 Å². The molecule has 0 unspecified atom stereocenters. The van der Waals surface area contributed by atoms with E-state index in [-0.39, 0.29) is 0 Å². The van der Waals surface area contributed by atoms with E-state index in [0.717, 1.165) is 24.5 Å². The molecule has 0 saturated heterocycles. The van der Waals surface area contributed by atoms with E-state index >= 15 is 0 Å². The predicted octanol–water partition coefficient (Wildman–Crippen LogP) is 1.36. The van der Waals surface area contributed by atoms with Gasteiger partial charge < -0.3 is 10.1 Å². The van der Waals surface area contributed by atoms with Gasteiger partial charge in [0.1, 0.15) is 12.0 Å². The number of ether oxygens (including phenoxy) is 1. The molecule has 0 atom stereocenters. The Morgan fingerprint density at radius 3 is 2.79 bits per heavy atom. The molecule has 0 fully saturated rings. The first-order chi connectivity index (χ1) is 9.22. The van der Waals surface area contributed by atoms with E-state index in [2.05, 4.69) is 32.2 Å². The summed E-state index contributed by atoms with van der Waals surface area (Å²) in [6.07, 6.45) is 1.45. The Morgan fingerprint density at radius 1 is 1.21 bits per heavy atom. The molecule has 2 aromatic heterocycles. The molecule has 0 aromatic carbocycles. The molecular weight excluding hydrogens is 242 g/mol. The van der Waals surface area contributed by atoms with Gasteiger partial charge in [-0.25, -0.2) is 19.9 Å². The summed E-state index contributed by atoms with van der Waals surface area (Å²) in [5.41, 5.74) is 2.52. The van der Waals surface area contributed by atoms with Gasteiger partial charge in [-0.2, -0.15) is 0 Å². The minimum absolute atomic E-state index is 0.503. The number of rotatable bonds is 5. The van der Waals surface area contributed by atoms with E-state index in [1.807, 2.05) is 13.0 Å². The van der Waals surface area contributed by atoms with Crippen LogP contribution in [0, 0.1) is 6.92 Å². The van der Waals surface area contributed by atoms with E-state index in [1.54, 1.807) is 13.2 Å². The Hall–Kier alpha value is -2.08. The van der Waals surface area contributed by atoms with Crippen molar-refractivity contribution in [2.24, 2.45) is 0 Å². The lowest BCUT2D eigenvalue weighted by Crippen LogP contribution is -2.14. The van der Waals surface area contributed by atoms with E-state index in [4.69, 9.17) is 4.74 Å². The zero-order valence-electron chi connectivity index (χ0n) is 11.3. The summed E-state index contributed by atoms with van der Waals surface area (Å²) in [5, 5.41) is 3.25. The second-order valence-electron chi connectivity index (χ2n) is 4.05. The highest BCUT2D eigenvalue weighted by atomic mass is 16.5. The molecule has 6 nitrogen and oxygen atoms in total. The maximum atomic E-state index is 5.08. The second-order valence-corrected chi connectivity index (χ2v) is 4.05. The predicted molar refractivity (Wildman–Crippen MR) is 71.7 cm³/mol. The Balaban J connectivity index is 2.34. The minimum Gasteiger partial charge on any atom is -0.481 e. The molecule has 0 spiro atoms. The van der Waals surface area contributed by atoms with Gasteiger partial charge in [-0.15, -0.1) is 0 Å². The van der Waals surface area contributed by atoms with Gasteiger partial charge in [0.05, 0.1) is 12.8 Å². The third-order valence-corrected chi connectivity index (χ3v) is 2.54. The van der Waals surface area contributed by atoms with Crippen molar-refractivity contribution in [1.29, 1.82) is 0 Å². The topological polar surface area (TPSA) is 72.8 Å². The summed E-state index contributed by atoms with van der Waals surface area (Å²) in [5.74, 6) is 1.09. The fraction of sp³-hybridized carbons (Fsp3) is 0.385. The lowest BCUT2D eigenvalue weighted by Gasteiger charge is -2.06. The number of hydrogen-bond acceptors (Lipinski definition) is 6. The van der Waals surface area contributed by atoms with E-state index < -0.39 is 0 Å². The first-order valence-corrected chi connectivity index (χ1v) is 6.14. The van der Waals surface area contributed by atoms with Crippen molar-refractivity contribution in [2.45, 2.75) is 20.4 Å². The van der Waals surface area contributed by atoms with Gasteiger partial charge in [-0.05, 0) is 19.5 Å². The zero-order chi connectivity index (χ0) is 13.7. The average Bonchev–Trinajstić information content (AvgIpc) is 2.44. The smallest absolute Gasteiger partial charge is 0.216 e. The standard InChI is InChI=1S/C13H17N5O/c1-4-14-7-10-5-9(2)17-13(18-10)11-6-12(19-3)16-8-15-11/h5-6,8,14H,4,7H2,1-3H3. The van der Waals surface area contributed by atoms with Crippen molar-refractivity contribution in [3.8, 4) is 17.4 Å². The third kappa shape index (κ3) is 3.45. The van der Waals surface area contributed by atoms with Gasteiger partial charge in [0.15, 0.2) is 5.82 Å². The fourth-order valence-corrected chi connectivity index (χ4v) is 1.67. The summed E-state index contributed by atoms with van der Waals surface area (Å²) in [6, 6.07) is 3.69. The zero-order valence-corrected chi connectivity index (χ0v) is 11.3. The molecule has 0 aliphatic rings. The minimum atomic E-state index is 0.503. The van der Waals surface area contributed by atoms with Gasteiger partial charge in [0.25, 0.3) is 0 Å². The third-order valence-electron chi connectivity index (χ3n) is 2.54. The molecule has 0 aliphatic carbocycles. The van der Waals surface area contributed by atoms with Crippen molar-refractivity contribution in [2.75, 3.05) is 13.7 Å². The fourth-order valence-electron chi connectivity index (χ4n) is 1.67. The molecule has 2 rings (SSSR count). The summed E-state index contributed by atoms with van der Waals surface area (Å²) in [6.45, 7) is 5.62. The number of aryl methyl sites for hydroxylation is 1. The SMILES string of the molecule is CCNCc1cc(C)nc(-c2cc(OC)ncn2)n1. The molecule has 0 amide bonds. The second kappa shape index (κ2) is 6.19. The number of nitrogens with zero attached hydrogens (tertiary/aromatic N) is 4. The summed E-state index contributed by atoms with van der Waals surface area (Å²) in [7, 11) is 1.57. The number of nitrogens with one attached hydrogen (secondary N) is 1. The molecule has 1 N–H and O–H groups in total. The lowest BCUT2D eigenvalue weighted by molar-refractivity contribution is 0.397. The first-order valence-electron chi connectivity index (χ1n) is 6.14. The molecule has 6 heteroatoms. The maximum absolute atomic E-state index is 5.08. The summed E-state index contributed by atoms with van der Waals surface area (Å²) in [4.78, 5) is 17.1. The molecule has 100 valence electrons. The Kier molecular flexibility index (Phi) is 4.35. The lowest BCUT2D eigenvalue weighted by atomic mass is 10.3. The summed E-state index contributed by atoms with van der Waals surface area (Å²) >= 11 is 0. The monoisotopic (exact) mass is 259 g/mol. The number of aromatic nitrogens is 4. The van der Waals surface area contributed by atoms with E-state index in [1.165, 1.54) is 6.33 Å². The molecule has 0 bridgehead atoms. The summed E-state index contributed by atoms with van der Waals surface area (Å²) < 4.78 is 5.08. The van der Waals surface area contributed by atoms with Crippen molar-refractivity contribution in [3.63, 3.8) is 0 Å². The Labute approximate surface area is 112 Å². The van der Waals surface area contributed by atoms with Crippen LogP contribution in [0.5, 0.6) is 5.88 Å². The first kappa shape index (κ1) is 13.4. The van der Waals surface area contributed by atoms with Gasteiger partial charge >= 0.3 is 0 Å². The van der Waals surface area contributed by atoms with Crippen molar-refractivity contribution in [1.82, 2.24) is 25.3 Å². The quantitative estimate of drug-likeness (QED) is 0.874. The largest absolute Gasteiger partial charge is 0.481 e. The molecule has 0 aliphatic heterocycles. The Morgan fingerprint density at radius 2 is 2.05 bits per heavy atom. The maximum Gasteiger partial charge on any atom is 0.216 e. The van der Waals surface area contributed by atoms with Crippen LogP contribution in [0.1, 0.15) is 18.3 Å². The normalized spacial score (nSPS) is 10.5. The van der Waals surface area contributed by atoms with Crippen LogP contribution in [0.2, 0.25) is 0 Å². The van der Waals surface area contributed by atoms with Gasteiger partial charge in [-0.3, -0.25) is 0 Å². The van der Waals surface area contributed by atoms with Crippen LogP contribution in [-0.2, 0) is 6.54 Å². The highest BCUT2D eigenvalue weighted by Gasteiger charge is 2.08. The van der Waals surface area contributed by atoms with Gasteiger partial charge in [0.2, 0.25) is 5.88 Å². The van der Waals surface area contributed by atoms with Crippen molar-refractivity contribution >= 4 is 0 Å². The molecular formula is C13H17N5O. The highest BCUT2D eigenvalue weighted by Crippen LogP contribution is 2.16. The molecule has 2 heterocycles. The van der Waals surface area contributed by atoms with E-state index in [9.17, 15) is 0 Å². The Bertz CT molecular complexity index is 558. The van der Waals surface area contributed by atoms with Crippen LogP contribution in [0.4, 0.5) is 0 Å². The highest BCUT2D eigenvalue weighted by molar-refractivity contribution is 5.50. The van der Waals surface area contributed by atoms with Crippen molar-refractivity contribution < 1.29 is 4.74 Å². The average molecular weight is 259 g/mol. The molecule has 0 radical (unpaired) electrons. The van der Waals surface area contributed by atoms with Gasteiger partial charge in [-0.1, -0.05) is 6.92 Å². The van der Waals surface area contributed by atoms with Gasteiger partial charge in [0, 0.05) is 18.3 Å².